The lowest BCUT2D eigenvalue weighted by molar-refractivity contribution is 0.673. The Labute approximate surface area is 166 Å². The molecule has 0 fully saturated rings. The summed E-state index contributed by atoms with van der Waals surface area (Å²) >= 11 is 0. The lowest BCUT2D eigenvalue weighted by Gasteiger charge is -2.15. The summed E-state index contributed by atoms with van der Waals surface area (Å²) < 4.78 is 1.75. The number of aryl methyl sites for hydroxylation is 2. The van der Waals surface area contributed by atoms with Gasteiger partial charge < -0.3 is 15.5 Å². The zero-order valence-electron chi connectivity index (χ0n) is 15.6. The van der Waals surface area contributed by atoms with Gasteiger partial charge in [-0.1, -0.05) is 6.07 Å². The van der Waals surface area contributed by atoms with Gasteiger partial charge in [-0.15, -0.1) is 24.0 Å². The van der Waals surface area contributed by atoms with Gasteiger partial charge >= 0.3 is 0 Å². The Morgan fingerprint density at radius 1 is 1.28 bits per heavy atom. The van der Waals surface area contributed by atoms with Gasteiger partial charge in [0.2, 0.25) is 0 Å². The molecular weight excluding hydrogens is 429 g/mol. The van der Waals surface area contributed by atoms with Crippen molar-refractivity contribution in [3.63, 3.8) is 0 Å². The minimum absolute atomic E-state index is 0. The summed E-state index contributed by atoms with van der Waals surface area (Å²) in [7, 11) is 5.97. The fraction of sp³-hybridized carbons (Fsp3) is 0.471. The van der Waals surface area contributed by atoms with Crippen LogP contribution in [0.5, 0.6) is 0 Å². The number of guanidine groups is 1. The molecule has 0 saturated heterocycles. The second kappa shape index (κ2) is 10.2. The van der Waals surface area contributed by atoms with Crippen LogP contribution in [-0.2, 0) is 20.1 Å². The van der Waals surface area contributed by atoms with Crippen molar-refractivity contribution in [2.75, 3.05) is 25.5 Å². The summed E-state index contributed by atoms with van der Waals surface area (Å²) in [5.74, 6) is 1.64. The first kappa shape index (κ1) is 21.2. The lowest BCUT2D eigenvalue weighted by Crippen LogP contribution is -2.37. The largest absolute Gasteiger partial charge is 0.378 e. The molecule has 1 aromatic heterocycles. The number of anilines is 1. The molecule has 0 radical (unpaired) electrons. The van der Waals surface area contributed by atoms with Crippen molar-refractivity contribution in [2.45, 2.75) is 26.9 Å². The molecular formula is C17H28IN7. The van der Waals surface area contributed by atoms with Crippen molar-refractivity contribution >= 4 is 35.6 Å². The van der Waals surface area contributed by atoms with Gasteiger partial charge in [0.05, 0.1) is 13.1 Å². The second-order valence-corrected chi connectivity index (χ2v) is 5.85. The van der Waals surface area contributed by atoms with E-state index in [1.807, 2.05) is 21.1 Å². The maximum Gasteiger partial charge on any atom is 0.191 e. The van der Waals surface area contributed by atoms with Crippen LogP contribution in [0.25, 0.3) is 0 Å². The monoisotopic (exact) mass is 457 g/mol. The van der Waals surface area contributed by atoms with E-state index in [2.05, 4.69) is 62.7 Å². The molecule has 0 saturated carbocycles. The number of hydrogen-bond acceptors (Lipinski definition) is 4. The molecule has 2 N–H and O–H groups in total. The van der Waals surface area contributed by atoms with Crippen LogP contribution < -0.4 is 15.5 Å². The molecule has 0 aliphatic carbocycles. The van der Waals surface area contributed by atoms with Crippen molar-refractivity contribution < 1.29 is 0 Å². The summed E-state index contributed by atoms with van der Waals surface area (Å²) in [5.41, 5.74) is 3.66. The maximum absolute atomic E-state index is 4.67. The molecule has 1 heterocycles. The van der Waals surface area contributed by atoms with Crippen LogP contribution in [0.3, 0.4) is 0 Å². The topological polar surface area (TPSA) is 70.4 Å². The molecule has 2 aromatic rings. The van der Waals surface area contributed by atoms with Gasteiger partial charge in [-0.05, 0) is 37.1 Å². The van der Waals surface area contributed by atoms with E-state index in [4.69, 9.17) is 0 Å². The first-order valence-electron chi connectivity index (χ1n) is 8.13. The molecule has 138 valence electrons. The minimum Gasteiger partial charge on any atom is -0.378 e. The fourth-order valence-electron chi connectivity index (χ4n) is 2.28. The Morgan fingerprint density at radius 3 is 2.60 bits per heavy atom. The number of hydrogen-bond donors (Lipinski definition) is 2. The number of aromatic nitrogens is 3. The van der Waals surface area contributed by atoms with E-state index in [0.717, 1.165) is 18.3 Å². The van der Waals surface area contributed by atoms with Crippen molar-refractivity contribution in [3.05, 3.63) is 41.5 Å². The van der Waals surface area contributed by atoms with Gasteiger partial charge in [-0.25, -0.2) is 9.98 Å². The third-order valence-electron chi connectivity index (χ3n) is 3.81. The van der Waals surface area contributed by atoms with Crippen LogP contribution in [0.2, 0.25) is 0 Å². The molecule has 0 spiro atoms. The van der Waals surface area contributed by atoms with E-state index in [1.54, 1.807) is 11.0 Å². The van der Waals surface area contributed by atoms with Crippen LogP contribution in [0, 0.1) is 6.92 Å². The molecule has 2 rings (SSSR count). The molecule has 1 aromatic carbocycles. The Hall–Kier alpha value is -1.84. The number of halogens is 1. The number of nitrogens with zero attached hydrogens (tertiary/aromatic N) is 5. The van der Waals surface area contributed by atoms with Crippen LogP contribution in [-0.4, -0.2) is 41.4 Å². The summed E-state index contributed by atoms with van der Waals surface area (Å²) in [4.78, 5) is 11.0. The average molecular weight is 457 g/mol. The van der Waals surface area contributed by atoms with Gasteiger partial charge in [0.15, 0.2) is 5.96 Å². The lowest BCUT2D eigenvalue weighted by atomic mass is 10.1. The van der Waals surface area contributed by atoms with Crippen LogP contribution in [0.15, 0.2) is 29.5 Å². The molecule has 25 heavy (non-hydrogen) atoms. The molecule has 0 aliphatic heterocycles. The summed E-state index contributed by atoms with van der Waals surface area (Å²) in [6.45, 7) is 6.20. The van der Waals surface area contributed by atoms with E-state index >= 15 is 0 Å². The summed E-state index contributed by atoms with van der Waals surface area (Å²) in [6, 6.07) is 6.45. The van der Waals surface area contributed by atoms with Crippen molar-refractivity contribution in [2.24, 2.45) is 12.0 Å². The number of benzene rings is 1. The first-order chi connectivity index (χ1) is 11.5. The predicted octanol–water partition coefficient (Wildman–Crippen LogP) is 2.06. The van der Waals surface area contributed by atoms with E-state index in [9.17, 15) is 0 Å². The van der Waals surface area contributed by atoms with Crippen LogP contribution >= 0.6 is 24.0 Å². The number of rotatable bonds is 6. The zero-order chi connectivity index (χ0) is 17.5. The highest BCUT2D eigenvalue weighted by molar-refractivity contribution is 14.0. The van der Waals surface area contributed by atoms with Crippen molar-refractivity contribution in [3.8, 4) is 0 Å². The Kier molecular flexibility index (Phi) is 8.67. The highest BCUT2D eigenvalue weighted by atomic mass is 127. The maximum atomic E-state index is 4.67. The molecule has 0 unspecified atom stereocenters. The second-order valence-electron chi connectivity index (χ2n) is 5.85. The fourth-order valence-corrected chi connectivity index (χ4v) is 2.28. The third-order valence-corrected chi connectivity index (χ3v) is 3.81. The zero-order valence-corrected chi connectivity index (χ0v) is 17.9. The predicted molar refractivity (Wildman–Crippen MR) is 114 cm³/mol. The minimum atomic E-state index is 0. The van der Waals surface area contributed by atoms with Gasteiger partial charge in [-0.2, -0.15) is 5.10 Å². The standard InChI is InChI=1S/C17H27N7.HI/c1-6-18-17(20-11-16-21-12-22-24(16)5)19-10-14-7-8-15(23(3)4)9-13(14)2;/h7-9,12H,6,10-11H2,1-5H3,(H2,18,19,20);1H. The van der Waals surface area contributed by atoms with Crippen LogP contribution in [0.1, 0.15) is 23.9 Å². The first-order valence-corrected chi connectivity index (χ1v) is 8.13. The van der Waals surface area contributed by atoms with E-state index in [-0.39, 0.29) is 24.0 Å². The molecule has 0 bridgehead atoms. The van der Waals surface area contributed by atoms with E-state index in [1.165, 1.54) is 16.8 Å². The van der Waals surface area contributed by atoms with Crippen LogP contribution in [0.4, 0.5) is 5.69 Å². The van der Waals surface area contributed by atoms with E-state index < -0.39 is 0 Å². The molecule has 0 amide bonds. The molecule has 8 heteroatoms. The van der Waals surface area contributed by atoms with Gasteiger partial charge in [0.1, 0.15) is 12.2 Å². The third kappa shape index (κ3) is 6.18. The van der Waals surface area contributed by atoms with Gasteiger partial charge in [0, 0.05) is 33.4 Å². The molecule has 7 nitrogen and oxygen atoms in total. The SMILES string of the molecule is CCNC(=NCc1ccc(N(C)C)cc1C)NCc1ncnn1C.I. The quantitative estimate of drug-likeness (QED) is 0.395. The molecule has 0 atom stereocenters. The Morgan fingerprint density at radius 2 is 2.04 bits per heavy atom. The molecule has 0 aliphatic rings. The van der Waals surface area contributed by atoms with Crippen molar-refractivity contribution in [1.82, 2.24) is 25.4 Å². The normalized spacial score (nSPS) is 11.0. The highest BCUT2D eigenvalue weighted by Gasteiger charge is 2.04. The average Bonchev–Trinajstić information content (AvgIpc) is 2.96. The summed E-state index contributed by atoms with van der Waals surface area (Å²) in [6.07, 6.45) is 1.55. The van der Waals surface area contributed by atoms with E-state index in [0.29, 0.717) is 13.1 Å². The number of nitrogens with one attached hydrogen (secondary N) is 2. The number of aliphatic imine (C=N–C) groups is 1. The van der Waals surface area contributed by atoms with Gasteiger partial charge in [-0.3, -0.25) is 4.68 Å². The van der Waals surface area contributed by atoms with Gasteiger partial charge in [0.25, 0.3) is 0 Å². The Balaban J connectivity index is 0.00000312. The smallest absolute Gasteiger partial charge is 0.191 e. The Bertz CT molecular complexity index is 694. The van der Waals surface area contributed by atoms with Crippen molar-refractivity contribution in [1.29, 1.82) is 0 Å². The summed E-state index contributed by atoms with van der Waals surface area (Å²) in [5, 5.41) is 10.6. The highest BCUT2D eigenvalue weighted by Crippen LogP contribution is 2.17.